The van der Waals surface area contributed by atoms with Crippen molar-refractivity contribution in [3.8, 4) is 0 Å². The topological polar surface area (TPSA) is 58.6 Å². The van der Waals surface area contributed by atoms with E-state index in [1.807, 2.05) is 20.8 Å². The number of carbonyl (C=O) groups is 1. The standard InChI is InChI=1S/C12H23NO3/c1-11(2,3)16-9-6-12(10(14)15)4-7-13-8-5-12/h13H,4-9H2,1-3H3,(H,14,15). The zero-order chi connectivity index (χ0) is 12.2. The summed E-state index contributed by atoms with van der Waals surface area (Å²) in [6, 6.07) is 0. The molecule has 1 aliphatic rings. The summed E-state index contributed by atoms with van der Waals surface area (Å²) in [5.41, 5.74) is -0.761. The van der Waals surface area contributed by atoms with Gasteiger partial charge >= 0.3 is 5.97 Å². The molecular formula is C12H23NO3. The van der Waals surface area contributed by atoms with Gasteiger partial charge in [0.05, 0.1) is 11.0 Å². The maximum atomic E-state index is 11.3. The molecule has 0 unspecified atom stereocenters. The molecule has 0 bridgehead atoms. The minimum atomic E-state index is -0.675. The highest BCUT2D eigenvalue weighted by Gasteiger charge is 2.39. The van der Waals surface area contributed by atoms with Gasteiger partial charge in [0.2, 0.25) is 0 Å². The fraction of sp³-hybridized carbons (Fsp3) is 0.917. The second kappa shape index (κ2) is 5.15. The maximum absolute atomic E-state index is 11.3. The molecule has 4 nitrogen and oxygen atoms in total. The van der Waals surface area contributed by atoms with Crippen LogP contribution in [0.15, 0.2) is 0 Å². The molecule has 0 aromatic heterocycles. The Morgan fingerprint density at radius 2 is 1.94 bits per heavy atom. The zero-order valence-corrected chi connectivity index (χ0v) is 10.5. The lowest BCUT2D eigenvalue weighted by Gasteiger charge is -2.34. The molecule has 1 aliphatic heterocycles. The number of ether oxygens (including phenoxy) is 1. The van der Waals surface area contributed by atoms with E-state index < -0.39 is 11.4 Å². The van der Waals surface area contributed by atoms with Crippen LogP contribution in [-0.2, 0) is 9.53 Å². The zero-order valence-electron chi connectivity index (χ0n) is 10.5. The average molecular weight is 229 g/mol. The van der Waals surface area contributed by atoms with Gasteiger partial charge in [-0.1, -0.05) is 0 Å². The highest BCUT2D eigenvalue weighted by atomic mass is 16.5. The number of nitrogens with one attached hydrogen (secondary N) is 1. The van der Waals surface area contributed by atoms with Crippen molar-refractivity contribution in [2.24, 2.45) is 5.41 Å². The fourth-order valence-corrected chi connectivity index (χ4v) is 2.03. The van der Waals surface area contributed by atoms with Crippen molar-refractivity contribution in [1.82, 2.24) is 5.32 Å². The highest BCUT2D eigenvalue weighted by molar-refractivity contribution is 5.74. The molecule has 4 heteroatoms. The van der Waals surface area contributed by atoms with Crippen molar-refractivity contribution in [3.05, 3.63) is 0 Å². The first kappa shape index (κ1) is 13.5. The fourth-order valence-electron chi connectivity index (χ4n) is 2.03. The van der Waals surface area contributed by atoms with Crippen LogP contribution in [0.4, 0.5) is 0 Å². The van der Waals surface area contributed by atoms with Gasteiger partial charge in [-0.15, -0.1) is 0 Å². The van der Waals surface area contributed by atoms with Crippen LogP contribution in [0.25, 0.3) is 0 Å². The third-order valence-corrected chi connectivity index (χ3v) is 3.13. The summed E-state index contributed by atoms with van der Waals surface area (Å²) in [5.74, 6) is -0.675. The predicted molar refractivity (Wildman–Crippen MR) is 62.5 cm³/mol. The summed E-state index contributed by atoms with van der Waals surface area (Å²) in [7, 11) is 0. The highest BCUT2D eigenvalue weighted by Crippen LogP contribution is 2.33. The lowest BCUT2D eigenvalue weighted by molar-refractivity contribution is -0.153. The Morgan fingerprint density at radius 1 is 1.38 bits per heavy atom. The minimum absolute atomic E-state index is 0.188. The molecule has 1 saturated heterocycles. The van der Waals surface area contributed by atoms with Crippen LogP contribution >= 0.6 is 0 Å². The van der Waals surface area contributed by atoms with E-state index in [-0.39, 0.29) is 5.60 Å². The molecule has 1 rings (SSSR count). The van der Waals surface area contributed by atoms with Crippen LogP contribution in [0.1, 0.15) is 40.0 Å². The quantitative estimate of drug-likeness (QED) is 0.769. The van der Waals surface area contributed by atoms with E-state index in [0.717, 1.165) is 13.1 Å². The van der Waals surface area contributed by atoms with E-state index >= 15 is 0 Å². The number of rotatable bonds is 4. The molecule has 16 heavy (non-hydrogen) atoms. The van der Waals surface area contributed by atoms with Gasteiger partial charge in [-0.2, -0.15) is 0 Å². The molecule has 0 spiro atoms. The first-order chi connectivity index (χ1) is 7.36. The first-order valence-corrected chi connectivity index (χ1v) is 5.94. The third-order valence-electron chi connectivity index (χ3n) is 3.13. The summed E-state index contributed by atoms with van der Waals surface area (Å²) in [5, 5.41) is 12.5. The normalized spacial score (nSPS) is 20.7. The third kappa shape index (κ3) is 3.76. The average Bonchev–Trinajstić information content (AvgIpc) is 2.17. The van der Waals surface area contributed by atoms with E-state index in [4.69, 9.17) is 4.74 Å². The number of piperidine rings is 1. The van der Waals surface area contributed by atoms with Crippen LogP contribution in [0.2, 0.25) is 0 Å². The van der Waals surface area contributed by atoms with E-state index in [0.29, 0.717) is 25.9 Å². The van der Waals surface area contributed by atoms with Gasteiger partial charge in [0.1, 0.15) is 0 Å². The number of carboxylic acids is 1. The van der Waals surface area contributed by atoms with Crippen molar-refractivity contribution >= 4 is 5.97 Å². The monoisotopic (exact) mass is 229 g/mol. The first-order valence-electron chi connectivity index (χ1n) is 5.94. The smallest absolute Gasteiger partial charge is 0.309 e. The molecule has 0 atom stereocenters. The Kier molecular flexibility index (Phi) is 4.33. The Morgan fingerprint density at radius 3 is 2.38 bits per heavy atom. The molecule has 1 heterocycles. The van der Waals surface area contributed by atoms with Gasteiger partial charge in [-0.05, 0) is 53.1 Å². The molecule has 0 radical (unpaired) electrons. The number of aliphatic carboxylic acids is 1. The van der Waals surface area contributed by atoms with Crippen LogP contribution in [0.5, 0.6) is 0 Å². The number of hydrogen-bond donors (Lipinski definition) is 2. The summed E-state index contributed by atoms with van der Waals surface area (Å²) in [4.78, 5) is 11.3. The Balaban J connectivity index is 2.48. The molecule has 1 fully saturated rings. The minimum Gasteiger partial charge on any atom is -0.481 e. The number of carboxylic acid groups (broad SMARTS) is 1. The number of hydrogen-bond acceptors (Lipinski definition) is 3. The lowest BCUT2D eigenvalue weighted by Crippen LogP contribution is -2.43. The molecule has 0 aliphatic carbocycles. The molecule has 0 amide bonds. The van der Waals surface area contributed by atoms with Crippen LogP contribution in [0, 0.1) is 5.41 Å². The maximum Gasteiger partial charge on any atom is 0.309 e. The van der Waals surface area contributed by atoms with Crippen LogP contribution in [0.3, 0.4) is 0 Å². The second-order valence-electron chi connectivity index (χ2n) is 5.55. The van der Waals surface area contributed by atoms with Gasteiger partial charge < -0.3 is 15.2 Å². The van der Waals surface area contributed by atoms with E-state index in [1.165, 1.54) is 0 Å². The molecule has 94 valence electrons. The Hall–Kier alpha value is -0.610. The second-order valence-corrected chi connectivity index (χ2v) is 5.55. The summed E-state index contributed by atoms with van der Waals surface area (Å²) >= 11 is 0. The van der Waals surface area contributed by atoms with Gasteiger partial charge in [0, 0.05) is 6.61 Å². The Labute approximate surface area is 97.4 Å². The lowest BCUT2D eigenvalue weighted by atomic mass is 9.76. The van der Waals surface area contributed by atoms with Gasteiger partial charge in [0.25, 0.3) is 0 Å². The van der Waals surface area contributed by atoms with Crippen molar-refractivity contribution in [1.29, 1.82) is 0 Å². The van der Waals surface area contributed by atoms with Gasteiger partial charge in [0.15, 0.2) is 0 Å². The van der Waals surface area contributed by atoms with Crippen LogP contribution < -0.4 is 5.32 Å². The largest absolute Gasteiger partial charge is 0.481 e. The molecule has 0 saturated carbocycles. The Bertz CT molecular complexity index is 239. The van der Waals surface area contributed by atoms with E-state index in [9.17, 15) is 9.90 Å². The van der Waals surface area contributed by atoms with Gasteiger partial charge in [-0.3, -0.25) is 4.79 Å². The van der Waals surface area contributed by atoms with Crippen molar-refractivity contribution in [2.75, 3.05) is 19.7 Å². The van der Waals surface area contributed by atoms with Crippen molar-refractivity contribution < 1.29 is 14.6 Å². The predicted octanol–water partition coefficient (Wildman–Crippen LogP) is 1.65. The molecular weight excluding hydrogens is 206 g/mol. The summed E-state index contributed by atoms with van der Waals surface area (Å²) < 4.78 is 5.62. The van der Waals surface area contributed by atoms with Crippen molar-refractivity contribution in [2.45, 2.75) is 45.6 Å². The van der Waals surface area contributed by atoms with Crippen molar-refractivity contribution in [3.63, 3.8) is 0 Å². The SMILES string of the molecule is CC(C)(C)OCCC1(C(=O)O)CCNCC1. The molecule has 0 aromatic rings. The van der Waals surface area contributed by atoms with E-state index in [2.05, 4.69) is 5.32 Å². The molecule has 2 N–H and O–H groups in total. The van der Waals surface area contributed by atoms with E-state index in [1.54, 1.807) is 0 Å². The summed E-state index contributed by atoms with van der Waals surface area (Å²) in [6.45, 7) is 8.08. The molecule has 0 aromatic carbocycles. The summed E-state index contributed by atoms with van der Waals surface area (Å²) in [6.07, 6.45) is 2.02. The van der Waals surface area contributed by atoms with Gasteiger partial charge in [-0.25, -0.2) is 0 Å². The van der Waals surface area contributed by atoms with Crippen LogP contribution in [-0.4, -0.2) is 36.4 Å².